The predicted octanol–water partition coefficient (Wildman–Crippen LogP) is 2.60. The first kappa shape index (κ1) is 24.0. The van der Waals surface area contributed by atoms with Crippen LogP contribution in [0.4, 0.5) is 13.2 Å². The maximum absolute atomic E-state index is 13.2. The third kappa shape index (κ3) is 5.02. The van der Waals surface area contributed by atoms with Gasteiger partial charge < -0.3 is 33.9 Å². The van der Waals surface area contributed by atoms with Gasteiger partial charge in [-0.15, -0.1) is 0 Å². The molecule has 0 radical (unpaired) electrons. The fraction of sp³-hybridized carbons (Fsp3) is 0.348. The van der Waals surface area contributed by atoms with Crippen molar-refractivity contribution in [3.63, 3.8) is 0 Å². The fourth-order valence-electron chi connectivity index (χ4n) is 3.54. The van der Waals surface area contributed by atoms with E-state index in [0.29, 0.717) is 17.4 Å². The highest BCUT2D eigenvalue weighted by Crippen LogP contribution is 2.35. The molecule has 3 aromatic rings. The van der Waals surface area contributed by atoms with Crippen molar-refractivity contribution in [1.82, 2.24) is 0 Å². The van der Waals surface area contributed by atoms with Crippen molar-refractivity contribution >= 4 is 11.0 Å². The van der Waals surface area contributed by atoms with E-state index >= 15 is 0 Å². The van der Waals surface area contributed by atoms with Crippen LogP contribution in [-0.2, 0) is 17.5 Å². The van der Waals surface area contributed by atoms with E-state index in [1.807, 2.05) is 0 Å². The molecule has 0 amide bonds. The zero-order valence-corrected chi connectivity index (χ0v) is 17.7. The summed E-state index contributed by atoms with van der Waals surface area (Å²) < 4.78 is 60.9. The predicted molar refractivity (Wildman–Crippen MR) is 111 cm³/mol. The molecule has 1 fully saturated rings. The van der Waals surface area contributed by atoms with Crippen molar-refractivity contribution in [1.29, 1.82) is 0 Å². The lowest BCUT2D eigenvalue weighted by Gasteiger charge is -2.38. The zero-order chi connectivity index (χ0) is 24.6. The van der Waals surface area contributed by atoms with Crippen LogP contribution in [-0.4, -0.2) is 46.0 Å². The molecule has 3 N–H and O–H groups in total. The van der Waals surface area contributed by atoms with Crippen molar-refractivity contribution < 1.29 is 47.1 Å². The lowest BCUT2D eigenvalue weighted by molar-refractivity contribution is -0.268. The number of fused-ring (bicyclic) bond motifs is 1. The topological polar surface area (TPSA) is 119 Å². The first-order chi connectivity index (χ1) is 16.0. The van der Waals surface area contributed by atoms with Gasteiger partial charge in [0.25, 0.3) is 0 Å². The number of ether oxygens (including phenoxy) is 3. The number of rotatable bonds is 5. The van der Waals surface area contributed by atoms with E-state index < -0.39 is 48.1 Å². The number of hydrogen-bond donors (Lipinski definition) is 3. The van der Waals surface area contributed by atoms with Gasteiger partial charge in [0.2, 0.25) is 6.29 Å². The van der Waals surface area contributed by atoms with Gasteiger partial charge in [0.05, 0.1) is 11.7 Å². The Hall–Kier alpha value is -3.12. The molecule has 0 unspecified atom stereocenters. The number of alkyl halides is 3. The minimum Gasteiger partial charge on any atom is -0.489 e. The van der Waals surface area contributed by atoms with Crippen molar-refractivity contribution in [2.24, 2.45) is 0 Å². The Labute approximate surface area is 190 Å². The highest BCUT2D eigenvalue weighted by molar-refractivity contribution is 5.82. The van der Waals surface area contributed by atoms with Gasteiger partial charge in [-0.25, -0.2) is 4.79 Å². The van der Waals surface area contributed by atoms with Gasteiger partial charge in [-0.2, -0.15) is 13.2 Å². The summed E-state index contributed by atoms with van der Waals surface area (Å²) in [6.45, 7) is 1.60. The maximum Gasteiger partial charge on any atom is 0.417 e. The van der Waals surface area contributed by atoms with Crippen LogP contribution in [0.1, 0.15) is 18.1 Å². The van der Waals surface area contributed by atoms with Gasteiger partial charge in [-0.05, 0) is 36.8 Å². The summed E-state index contributed by atoms with van der Waals surface area (Å²) in [5, 5.41) is 29.4. The average Bonchev–Trinajstić information content (AvgIpc) is 2.79. The van der Waals surface area contributed by atoms with E-state index in [9.17, 15) is 33.3 Å². The van der Waals surface area contributed by atoms with Gasteiger partial charge in [-0.1, -0.05) is 12.1 Å². The van der Waals surface area contributed by atoms with Gasteiger partial charge in [0.1, 0.15) is 42.0 Å². The Morgan fingerprint density at radius 1 is 0.941 bits per heavy atom. The molecule has 182 valence electrons. The minimum atomic E-state index is -4.70. The standard InChI is InChI=1S/C23H21F3O8/c1-11-19(28)20(29)21(30)22(32-11)33-13-4-2-12(3-5-13)10-31-14-6-7-15-16(23(24,25)26)9-18(27)34-17(15)8-14/h2-9,11,19-22,28-30H,10H2,1H3/t11-,19+,20+,21-,22+/m1/s1. The van der Waals surface area contributed by atoms with E-state index in [1.54, 1.807) is 31.2 Å². The number of aliphatic hydroxyl groups is 3. The fourth-order valence-corrected chi connectivity index (χ4v) is 3.54. The Morgan fingerprint density at radius 3 is 2.29 bits per heavy atom. The molecule has 2 aromatic carbocycles. The van der Waals surface area contributed by atoms with E-state index in [1.165, 1.54) is 18.2 Å². The monoisotopic (exact) mass is 482 g/mol. The molecule has 0 spiro atoms. The molecule has 1 aliphatic heterocycles. The third-order valence-corrected chi connectivity index (χ3v) is 5.41. The number of aliphatic hydroxyl groups excluding tert-OH is 3. The van der Waals surface area contributed by atoms with Crippen LogP contribution in [0, 0.1) is 0 Å². The Morgan fingerprint density at radius 2 is 1.62 bits per heavy atom. The zero-order valence-electron chi connectivity index (χ0n) is 17.7. The summed E-state index contributed by atoms with van der Waals surface area (Å²) in [6, 6.07) is 10.6. The van der Waals surface area contributed by atoms with Crippen molar-refractivity contribution in [3.8, 4) is 11.5 Å². The Bertz CT molecular complexity index is 1210. The first-order valence-electron chi connectivity index (χ1n) is 10.3. The second-order valence-corrected chi connectivity index (χ2v) is 7.87. The minimum absolute atomic E-state index is 0.0550. The molecule has 11 heteroatoms. The van der Waals surface area contributed by atoms with Crippen molar-refractivity contribution in [3.05, 3.63) is 70.1 Å². The second kappa shape index (κ2) is 9.26. The van der Waals surface area contributed by atoms with Gasteiger partial charge in [0, 0.05) is 17.5 Å². The summed E-state index contributed by atoms with van der Waals surface area (Å²) in [7, 11) is 0. The molecule has 2 heterocycles. The van der Waals surface area contributed by atoms with E-state index in [2.05, 4.69) is 0 Å². The molecule has 1 aliphatic rings. The summed E-state index contributed by atoms with van der Waals surface area (Å²) >= 11 is 0. The summed E-state index contributed by atoms with van der Waals surface area (Å²) in [6.07, 6.45) is -10.7. The van der Waals surface area contributed by atoms with Gasteiger partial charge >= 0.3 is 11.8 Å². The van der Waals surface area contributed by atoms with Crippen LogP contribution in [0.5, 0.6) is 11.5 Å². The quantitative estimate of drug-likeness (QED) is 0.475. The highest BCUT2D eigenvalue weighted by Gasteiger charge is 2.43. The molecular formula is C23H21F3O8. The molecular weight excluding hydrogens is 461 g/mol. The lowest BCUT2D eigenvalue weighted by Crippen LogP contribution is -2.58. The van der Waals surface area contributed by atoms with E-state index in [0.717, 1.165) is 0 Å². The molecule has 0 aliphatic carbocycles. The van der Waals surface area contributed by atoms with Gasteiger partial charge in [0.15, 0.2) is 0 Å². The third-order valence-electron chi connectivity index (χ3n) is 5.41. The van der Waals surface area contributed by atoms with E-state index in [-0.39, 0.29) is 23.3 Å². The average molecular weight is 482 g/mol. The highest BCUT2D eigenvalue weighted by atomic mass is 19.4. The molecule has 1 aromatic heterocycles. The van der Waals surface area contributed by atoms with Crippen molar-refractivity contribution in [2.75, 3.05) is 0 Å². The van der Waals surface area contributed by atoms with Crippen molar-refractivity contribution in [2.45, 2.75) is 50.4 Å². The van der Waals surface area contributed by atoms with E-state index in [4.69, 9.17) is 18.6 Å². The van der Waals surface area contributed by atoms with Crippen LogP contribution in [0.15, 0.2) is 57.7 Å². The molecule has 0 bridgehead atoms. The molecule has 34 heavy (non-hydrogen) atoms. The summed E-state index contributed by atoms with van der Waals surface area (Å²) in [4.78, 5) is 11.5. The molecule has 4 rings (SSSR count). The Kier molecular flexibility index (Phi) is 6.54. The Balaban J connectivity index is 1.42. The summed E-state index contributed by atoms with van der Waals surface area (Å²) in [5.74, 6) is 0.534. The van der Waals surface area contributed by atoms with Gasteiger partial charge in [-0.3, -0.25) is 0 Å². The van der Waals surface area contributed by atoms with Crippen LogP contribution >= 0.6 is 0 Å². The largest absolute Gasteiger partial charge is 0.489 e. The molecule has 1 saturated heterocycles. The smallest absolute Gasteiger partial charge is 0.417 e. The first-order valence-corrected chi connectivity index (χ1v) is 10.3. The van der Waals surface area contributed by atoms with Crippen LogP contribution in [0.3, 0.4) is 0 Å². The maximum atomic E-state index is 13.2. The SMILES string of the molecule is C[C@H]1O[C@@H](Oc2ccc(COc3ccc4c(C(F)(F)F)cc(=O)oc4c3)cc2)[C@H](O)[C@@H](O)[C@H]1O. The molecule has 0 saturated carbocycles. The lowest BCUT2D eigenvalue weighted by atomic mass is 10.00. The van der Waals surface area contributed by atoms with Crippen LogP contribution < -0.4 is 15.1 Å². The molecule has 8 nitrogen and oxygen atoms in total. The normalized spacial score (nSPS) is 25.3. The molecule has 5 atom stereocenters. The second-order valence-electron chi connectivity index (χ2n) is 7.87. The number of benzene rings is 2. The number of halogens is 3. The van der Waals surface area contributed by atoms with Crippen LogP contribution in [0.2, 0.25) is 0 Å². The number of hydrogen-bond acceptors (Lipinski definition) is 8. The summed E-state index contributed by atoms with van der Waals surface area (Å²) in [5.41, 5.74) is -1.75. The van der Waals surface area contributed by atoms with Crippen LogP contribution in [0.25, 0.3) is 11.0 Å².